The second kappa shape index (κ2) is 9.05. The Bertz CT molecular complexity index is 1020. The standard InChI is InChI=1S/C24H26FNO3/c1-16(2)26-21-8-4-3-7-20(21)24(17-10-12-18(25)13-11-17)22(26)15-14-19(27)6-5-9-23(28)29/h3-5,7-13,16,19,27H,6,14-15H2,1-2H3,(H,28,29). The van der Waals surface area contributed by atoms with E-state index < -0.39 is 12.1 Å². The Morgan fingerprint density at radius 3 is 2.48 bits per heavy atom. The van der Waals surface area contributed by atoms with Crippen molar-refractivity contribution in [1.29, 1.82) is 0 Å². The number of benzene rings is 2. The molecule has 1 aromatic heterocycles. The van der Waals surface area contributed by atoms with Crippen LogP contribution in [0.5, 0.6) is 0 Å². The number of aliphatic carboxylic acids is 1. The molecule has 4 nitrogen and oxygen atoms in total. The molecule has 0 bridgehead atoms. The molecule has 0 aliphatic carbocycles. The van der Waals surface area contributed by atoms with E-state index >= 15 is 0 Å². The quantitative estimate of drug-likeness (QED) is 0.505. The van der Waals surface area contributed by atoms with Crippen LogP contribution < -0.4 is 0 Å². The van der Waals surface area contributed by atoms with Crippen LogP contribution in [0, 0.1) is 5.82 Å². The summed E-state index contributed by atoms with van der Waals surface area (Å²) in [5.41, 5.74) is 4.20. The number of carboxylic acids is 1. The molecule has 0 aliphatic rings. The van der Waals surface area contributed by atoms with E-state index in [1.54, 1.807) is 12.1 Å². The highest BCUT2D eigenvalue weighted by atomic mass is 19.1. The van der Waals surface area contributed by atoms with Crippen LogP contribution in [0.4, 0.5) is 4.39 Å². The number of hydrogen-bond donors (Lipinski definition) is 2. The van der Waals surface area contributed by atoms with Crippen LogP contribution in [0.2, 0.25) is 0 Å². The molecule has 29 heavy (non-hydrogen) atoms. The number of carboxylic acid groups (broad SMARTS) is 1. The first-order valence-corrected chi connectivity index (χ1v) is 9.83. The van der Waals surface area contributed by atoms with Crippen molar-refractivity contribution in [2.24, 2.45) is 0 Å². The van der Waals surface area contributed by atoms with Crippen molar-refractivity contribution < 1.29 is 19.4 Å². The molecule has 1 unspecified atom stereocenters. The lowest BCUT2D eigenvalue weighted by atomic mass is 9.98. The van der Waals surface area contributed by atoms with Gasteiger partial charge in [-0.15, -0.1) is 0 Å². The molecule has 2 aromatic carbocycles. The molecule has 3 rings (SSSR count). The van der Waals surface area contributed by atoms with Crippen molar-refractivity contribution in [3.63, 3.8) is 0 Å². The fourth-order valence-corrected chi connectivity index (χ4v) is 3.84. The Morgan fingerprint density at radius 1 is 1.14 bits per heavy atom. The first-order valence-electron chi connectivity index (χ1n) is 9.83. The molecule has 0 saturated carbocycles. The predicted octanol–water partition coefficient (Wildman–Crippen LogP) is 5.35. The third-order valence-corrected chi connectivity index (χ3v) is 5.04. The first-order chi connectivity index (χ1) is 13.9. The topological polar surface area (TPSA) is 62.5 Å². The van der Waals surface area contributed by atoms with Crippen LogP contribution in [0.15, 0.2) is 60.7 Å². The van der Waals surface area contributed by atoms with Crippen molar-refractivity contribution in [2.45, 2.75) is 45.3 Å². The molecule has 5 heteroatoms. The van der Waals surface area contributed by atoms with Gasteiger partial charge in [0.05, 0.1) is 6.10 Å². The second-order valence-electron chi connectivity index (χ2n) is 7.48. The van der Waals surface area contributed by atoms with E-state index in [4.69, 9.17) is 5.11 Å². The van der Waals surface area contributed by atoms with E-state index in [-0.39, 0.29) is 11.9 Å². The van der Waals surface area contributed by atoms with Gasteiger partial charge in [0.15, 0.2) is 0 Å². The van der Waals surface area contributed by atoms with Gasteiger partial charge in [-0.3, -0.25) is 0 Å². The minimum Gasteiger partial charge on any atom is -0.478 e. The molecular weight excluding hydrogens is 369 g/mol. The van der Waals surface area contributed by atoms with Gasteiger partial charge in [0.25, 0.3) is 0 Å². The van der Waals surface area contributed by atoms with Gasteiger partial charge in [-0.2, -0.15) is 0 Å². The van der Waals surface area contributed by atoms with E-state index in [2.05, 4.69) is 30.5 Å². The van der Waals surface area contributed by atoms with E-state index in [1.165, 1.54) is 18.2 Å². The monoisotopic (exact) mass is 395 g/mol. The number of para-hydroxylation sites is 1. The molecule has 0 amide bonds. The van der Waals surface area contributed by atoms with Gasteiger partial charge in [0.2, 0.25) is 0 Å². The Morgan fingerprint density at radius 2 is 1.83 bits per heavy atom. The zero-order chi connectivity index (χ0) is 21.0. The van der Waals surface area contributed by atoms with Crippen molar-refractivity contribution in [2.75, 3.05) is 0 Å². The number of nitrogens with zero attached hydrogens (tertiary/aromatic N) is 1. The van der Waals surface area contributed by atoms with Crippen LogP contribution in [0.25, 0.3) is 22.0 Å². The number of halogens is 1. The Kier molecular flexibility index (Phi) is 6.49. The van der Waals surface area contributed by atoms with Gasteiger partial charge in [0.1, 0.15) is 5.82 Å². The van der Waals surface area contributed by atoms with Crippen molar-refractivity contribution in [1.82, 2.24) is 4.57 Å². The molecular formula is C24H26FNO3. The summed E-state index contributed by atoms with van der Waals surface area (Å²) in [6, 6.07) is 14.9. The molecule has 152 valence electrons. The Balaban J connectivity index is 2.02. The maximum absolute atomic E-state index is 13.5. The van der Waals surface area contributed by atoms with Crippen LogP contribution in [-0.4, -0.2) is 26.9 Å². The number of aliphatic hydroxyl groups excluding tert-OH is 1. The SMILES string of the molecule is CC(C)n1c(CCC(O)CC=CC(=O)O)c(-c2ccc(F)cc2)c2ccccc21. The van der Waals surface area contributed by atoms with Gasteiger partial charge < -0.3 is 14.8 Å². The summed E-state index contributed by atoms with van der Waals surface area (Å²) < 4.78 is 15.8. The summed E-state index contributed by atoms with van der Waals surface area (Å²) in [6.45, 7) is 4.24. The highest BCUT2D eigenvalue weighted by Gasteiger charge is 2.20. The maximum Gasteiger partial charge on any atom is 0.327 e. The number of carbonyl (C=O) groups is 1. The minimum absolute atomic E-state index is 0.216. The number of aromatic nitrogens is 1. The maximum atomic E-state index is 13.5. The van der Waals surface area contributed by atoms with Gasteiger partial charge in [-0.25, -0.2) is 9.18 Å². The fourth-order valence-electron chi connectivity index (χ4n) is 3.84. The van der Waals surface area contributed by atoms with E-state index in [9.17, 15) is 14.3 Å². The average Bonchev–Trinajstić information content (AvgIpc) is 3.01. The summed E-state index contributed by atoms with van der Waals surface area (Å²) >= 11 is 0. The summed E-state index contributed by atoms with van der Waals surface area (Å²) in [4.78, 5) is 10.6. The van der Waals surface area contributed by atoms with Crippen molar-refractivity contribution in [3.05, 3.63) is 72.2 Å². The zero-order valence-electron chi connectivity index (χ0n) is 16.7. The molecule has 0 spiro atoms. The summed E-state index contributed by atoms with van der Waals surface area (Å²) in [6.07, 6.45) is 3.32. The van der Waals surface area contributed by atoms with Crippen molar-refractivity contribution >= 4 is 16.9 Å². The van der Waals surface area contributed by atoms with Gasteiger partial charge in [0, 0.05) is 34.3 Å². The number of aliphatic hydroxyl groups is 1. The molecule has 1 heterocycles. The molecule has 1 atom stereocenters. The van der Waals surface area contributed by atoms with Crippen molar-refractivity contribution in [3.8, 4) is 11.1 Å². The van der Waals surface area contributed by atoms with Gasteiger partial charge >= 0.3 is 5.97 Å². The summed E-state index contributed by atoms with van der Waals surface area (Å²) in [5, 5.41) is 20.1. The van der Waals surface area contributed by atoms with Crippen LogP contribution in [-0.2, 0) is 11.2 Å². The first kappa shape index (κ1) is 20.8. The lowest BCUT2D eigenvalue weighted by Crippen LogP contribution is -2.11. The Hall–Kier alpha value is -2.92. The predicted molar refractivity (Wildman–Crippen MR) is 113 cm³/mol. The van der Waals surface area contributed by atoms with Gasteiger partial charge in [-0.05, 0) is 56.9 Å². The lowest BCUT2D eigenvalue weighted by molar-refractivity contribution is -0.131. The molecule has 3 aromatic rings. The van der Waals surface area contributed by atoms with Crippen LogP contribution in [0.1, 0.15) is 38.4 Å². The molecule has 0 fully saturated rings. The molecule has 0 aliphatic heterocycles. The highest BCUT2D eigenvalue weighted by molar-refractivity contribution is 5.98. The number of rotatable bonds is 8. The third-order valence-electron chi connectivity index (χ3n) is 5.04. The third kappa shape index (κ3) is 4.74. The van der Waals surface area contributed by atoms with E-state index in [0.29, 0.717) is 19.3 Å². The molecule has 0 saturated heterocycles. The Labute approximate surface area is 169 Å². The minimum atomic E-state index is -1.02. The summed E-state index contributed by atoms with van der Waals surface area (Å²) in [5.74, 6) is -1.29. The zero-order valence-corrected chi connectivity index (χ0v) is 16.7. The lowest BCUT2D eigenvalue weighted by Gasteiger charge is -2.17. The van der Waals surface area contributed by atoms with Crippen LogP contribution >= 0.6 is 0 Å². The van der Waals surface area contributed by atoms with E-state index in [0.717, 1.165) is 33.8 Å². The average molecular weight is 395 g/mol. The van der Waals surface area contributed by atoms with Gasteiger partial charge in [-0.1, -0.05) is 36.4 Å². The molecule has 0 radical (unpaired) electrons. The number of fused-ring (bicyclic) bond motifs is 1. The normalized spacial score (nSPS) is 12.9. The van der Waals surface area contributed by atoms with E-state index in [1.807, 2.05) is 12.1 Å². The molecule has 2 N–H and O–H groups in total. The highest BCUT2D eigenvalue weighted by Crippen LogP contribution is 2.38. The smallest absolute Gasteiger partial charge is 0.327 e. The number of hydrogen-bond acceptors (Lipinski definition) is 2. The largest absolute Gasteiger partial charge is 0.478 e. The second-order valence-corrected chi connectivity index (χ2v) is 7.48. The summed E-state index contributed by atoms with van der Waals surface area (Å²) in [7, 11) is 0. The van der Waals surface area contributed by atoms with Crippen LogP contribution in [0.3, 0.4) is 0 Å². The fraction of sp³-hybridized carbons (Fsp3) is 0.292.